The maximum Gasteiger partial charge on any atom is 0.315 e. The normalized spacial score (nSPS) is 25.5. The lowest BCUT2D eigenvalue weighted by Gasteiger charge is -2.57. The van der Waals surface area contributed by atoms with Crippen molar-refractivity contribution >= 4 is 17.6 Å². The van der Waals surface area contributed by atoms with Gasteiger partial charge in [-0.25, -0.2) is 4.79 Å². The molecule has 2 aliphatic carbocycles. The van der Waals surface area contributed by atoms with Gasteiger partial charge in [0.1, 0.15) is 5.75 Å². The summed E-state index contributed by atoms with van der Waals surface area (Å²) in [5.74, 6) is 1.22. The second kappa shape index (κ2) is 8.73. The number of amides is 3. The van der Waals surface area contributed by atoms with Crippen molar-refractivity contribution in [1.29, 1.82) is 0 Å². The Morgan fingerprint density at radius 2 is 1.85 bits per heavy atom. The van der Waals surface area contributed by atoms with Crippen molar-refractivity contribution in [1.82, 2.24) is 10.6 Å². The van der Waals surface area contributed by atoms with E-state index >= 15 is 0 Å². The predicted octanol–water partition coefficient (Wildman–Crippen LogP) is 4.34. The predicted molar refractivity (Wildman–Crippen MR) is 128 cm³/mol. The molecule has 6 nitrogen and oxygen atoms in total. The minimum atomic E-state index is -0.127. The molecule has 0 bridgehead atoms. The third-order valence-electron chi connectivity index (χ3n) is 7.63. The second-order valence-electron chi connectivity index (χ2n) is 10.1. The number of ether oxygens (including phenoxy) is 1. The fraction of sp³-hybridized carbons (Fsp3) is 0.481. The van der Waals surface area contributed by atoms with Crippen LogP contribution in [0.2, 0.25) is 0 Å². The SMILES string of the molecule is COc1ccc(CNC(=O)NC2CC3(C2)CC(C(=O)N2CCCc4cc(C)ccc42)C3)cc1. The summed E-state index contributed by atoms with van der Waals surface area (Å²) in [7, 11) is 1.64. The lowest BCUT2D eigenvalue weighted by atomic mass is 9.49. The molecule has 1 spiro atoms. The van der Waals surface area contributed by atoms with E-state index < -0.39 is 0 Å². The van der Waals surface area contributed by atoms with Gasteiger partial charge < -0.3 is 20.3 Å². The van der Waals surface area contributed by atoms with Gasteiger partial charge in [-0.2, -0.15) is 0 Å². The fourth-order valence-electron chi connectivity index (χ4n) is 5.92. The molecule has 5 rings (SSSR count). The van der Waals surface area contributed by atoms with Gasteiger partial charge in [0.25, 0.3) is 0 Å². The van der Waals surface area contributed by atoms with Gasteiger partial charge >= 0.3 is 6.03 Å². The van der Waals surface area contributed by atoms with Crippen molar-refractivity contribution in [2.75, 3.05) is 18.6 Å². The summed E-state index contributed by atoms with van der Waals surface area (Å²) < 4.78 is 5.16. The van der Waals surface area contributed by atoms with Crippen LogP contribution in [0.5, 0.6) is 5.75 Å². The quantitative estimate of drug-likeness (QED) is 0.716. The minimum absolute atomic E-state index is 0.127. The zero-order valence-corrected chi connectivity index (χ0v) is 19.5. The molecule has 1 aliphatic heterocycles. The van der Waals surface area contributed by atoms with E-state index in [-0.39, 0.29) is 23.4 Å². The van der Waals surface area contributed by atoms with Crippen molar-refractivity contribution in [2.45, 2.75) is 58.0 Å². The summed E-state index contributed by atoms with van der Waals surface area (Å²) in [6, 6.07) is 14.2. The van der Waals surface area contributed by atoms with Gasteiger partial charge in [0.2, 0.25) is 5.91 Å². The first-order valence-electron chi connectivity index (χ1n) is 12.0. The summed E-state index contributed by atoms with van der Waals surface area (Å²) in [5.41, 5.74) is 4.95. The van der Waals surface area contributed by atoms with Gasteiger partial charge in [0.15, 0.2) is 0 Å². The number of fused-ring (bicyclic) bond motifs is 1. The van der Waals surface area contributed by atoms with Gasteiger partial charge in [0, 0.05) is 30.7 Å². The fourth-order valence-corrected chi connectivity index (χ4v) is 5.92. The Balaban J connectivity index is 1.06. The van der Waals surface area contributed by atoms with E-state index in [0.29, 0.717) is 12.5 Å². The number of aryl methyl sites for hydroxylation is 2. The van der Waals surface area contributed by atoms with Gasteiger partial charge in [0.05, 0.1) is 7.11 Å². The van der Waals surface area contributed by atoms with Crippen molar-refractivity contribution < 1.29 is 14.3 Å². The number of urea groups is 1. The van der Waals surface area contributed by atoms with E-state index in [2.05, 4.69) is 35.8 Å². The second-order valence-corrected chi connectivity index (χ2v) is 10.1. The Morgan fingerprint density at radius 1 is 1.09 bits per heavy atom. The Morgan fingerprint density at radius 3 is 2.58 bits per heavy atom. The summed E-state index contributed by atoms with van der Waals surface area (Å²) in [5, 5.41) is 6.02. The standard InChI is InChI=1S/C27H33N3O3/c1-18-5-10-24-20(12-18)4-3-11-30(24)25(31)21-13-27(14-21)15-22(16-27)29-26(32)28-17-19-6-8-23(33-2)9-7-19/h5-10,12,21-22H,3-4,11,13-17H2,1-2H3,(H2,28,29,32). The average molecular weight is 448 g/mol. The van der Waals surface area contributed by atoms with E-state index in [1.807, 2.05) is 29.2 Å². The van der Waals surface area contributed by atoms with E-state index in [1.165, 1.54) is 11.1 Å². The number of rotatable bonds is 5. The Labute approximate surface area is 195 Å². The van der Waals surface area contributed by atoms with E-state index in [1.54, 1.807) is 7.11 Å². The van der Waals surface area contributed by atoms with Crippen molar-refractivity contribution in [2.24, 2.45) is 11.3 Å². The highest BCUT2D eigenvalue weighted by atomic mass is 16.5. The van der Waals surface area contributed by atoms with Crippen LogP contribution in [0.15, 0.2) is 42.5 Å². The van der Waals surface area contributed by atoms with E-state index in [9.17, 15) is 9.59 Å². The monoisotopic (exact) mass is 447 g/mol. The molecule has 174 valence electrons. The molecule has 2 aromatic carbocycles. The van der Waals surface area contributed by atoms with Crippen LogP contribution in [0.1, 0.15) is 48.8 Å². The molecule has 0 aromatic heterocycles. The summed E-state index contributed by atoms with van der Waals surface area (Å²) in [4.78, 5) is 27.5. The molecular weight excluding hydrogens is 414 g/mol. The van der Waals surface area contributed by atoms with Crippen molar-refractivity contribution in [3.63, 3.8) is 0 Å². The van der Waals surface area contributed by atoms with Gasteiger partial charge in [-0.3, -0.25) is 4.79 Å². The molecule has 0 unspecified atom stereocenters. The van der Waals surface area contributed by atoms with Crippen LogP contribution in [0.4, 0.5) is 10.5 Å². The highest BCUT2D eigenvalue weighted by Gasteiger charge is 2.55. The van der Waals surface area contributed by atoms with Crippen molar-refractivity contribution in [3.8, 4) is 5.75 Å². The maximum absolute atomic E-state index is 13.2. The molecule has 6 heteroatoms. The lowest BCUT2D eigenvalue weighted by molar-refractivity contribution is -0.135. The first-order valence-corrected chi connectivity index (χ1v) is 12.0. The number of benzene rings is 2. The number of anilines is 1. The molecule has 0 radical (unpaired) electrons. The Kier molecular flexibility index (Phi) is 5.77. The first kappa shape index (κ1) is 21.8. The summed E-state index contributed by atoms with van der Waals surface area (Å²) in [6.45, 7) is 3.43. The van der Waals surface area contributed by atoms with Crippen LogP contribution in [0, 0.1) is 18.3 Å². The number of hydrogen-bond acceptors (Lipinski definition) is 3. The van der Waals surface area contributed by atoms with Gasteiger partial charge in [-0.1, -0.05) is 29.8 Å². The Hall–Kier alpha value is -3.02. The number of nitrogens with one attached hydrogen (secondary N) is 2. The first-order chi connectivity index (χ1) is 15.9. The third kappa shape index (κ3) is 4.43. The molecular formula is C27H33N3O3. The maximum atomic E-state index is 13.2. The molecule has 3 aliphatic rings. The Bertz CT molecular complexity index is 1040. The van der Waals surface area contributed by atoms with E-state index in [4.69, 9.17) is 4.74 Å². The zero-order chi connectivity index (χ0) is 23.0. The van der Waals surface area contributed by atoms with Crippen LogP contribution < -0.4 is 20.3 Å². The van der Waals surface area contributed by atoms with E-state index in [0.717, 1.165) is 62.1 Å². The van der Waals surface area contributed by atoms with Gasteiger partial charge in [-0.05, 0) is 80.2 Å². The number of carbonyl (C=O) groups excluding carboxylic acids is 2. The average Bonchev–Trinajstić information content (AvgIpc) is 2.77. The molecule has 3 amide bonds. The van der Waals surface area contributed by atoms with Crippen LogP contribution in [0.25, 0.3) is 0 Å². The molecule has 2 aromatic rings. The third-order valence-corrected chi connectivity index (χ3v) is 7.63. The van der Waals surface area contributed by atoms with Crippen LogP contribution in [0.3, 0.4) is 0 Å². The molecule has 2 saturated carbocycles. The summed E-state index contributed by atoms with van der Waals surface area (Å²) in [6.07, 6.45) is 5.95. The molecule has 2 N–H and O–H groups in total. The molecule has 1 heterocycles. The molecule has 2 fully saturated rings. The van der Waals surface area contributed by atoms with Crippen molar-refractivity contribution in [3.05, 3.63) is 59.2 Å². The largest absolute Gasteiger partial charge is 0.497 e. The van der Waals surface area contributed by atoms with Gasteiger partial charge in [-0.15, -0.1) is 0 Å². The lowest BCUT2D eigenvalue weighted by Crippen LogP contribution is -2.59. The van der Waals surface area contributed by atoms with Crippen LogP contribution in [-0.2, 0) is 17.8 Å². The molecule has 33 heavy (non-hydrogen) atoms. The zero-order valence-electron chi connectivity index (χ0n) is 19.5. The number of methoxy groups -OCH3 is 1. The molecule has 0 atom stereocenters. The summed E-state index contributed by atoms with van der Waals surface area (Å²) >= 11 is 0. The topological polar surface area (TPSA) is 70.7 Å². The number of hydrogen-bond donors (Lipinski definition) is 2. The smallest absolute Gasteiger partial charge is 0.315 e. The number of carbonyl (C=O) groups is 2. The molecule has 0 saturated heterocycles. The minimum Gasteiger partial charge on any atom is -0.497 e. The highest BCUT2D eigenvalue weighted by molar-refractivity contribution is 5.97. The van der Waals surface area contributed by atoms with Crippen LogP contribution >= 0.6 is 0 Å². The number of nitrogens with zero attached hydrogens (tertiary/aromatic N) is 1. The highest BCUT2D eigenvalue weighted by Crippen LogP contribution is 2.59. The van der Waals surface area contributed by atoms with Crippen LogP contribution in [-0.4, -0.2) is 31.6 Å².